The minimum atomic E-state index is -0.826. The van der Waals surface area contributed by atoms with Gasteiger partial charge in [0.15, 0.2) is 0 Å². The Balaban J connectivity index is 1.90. The van der Waals surface area contributed by atoms with Gasteiger partial charge in [0.2, 0.25) is 0 Å². The lowest BCUT2D eigenvalue weighted by Gasteiger charge is -2.34. The first-order valence-corrected chi connectivity index (χ1v) is 7.08. The van der Waals surface area contributed by atoms with Crippen molar-refractivity contribution in [1.29, 1.82) is 0 Å². The Bertz CT molecular complexity index is 411. The van der Waals surface area contributed by atoms with Crippen LogP contribution in [0.25, 0.3) is 0 Å². The predicted molar refractivity (Wildman–Crippen MR) is 73.3 cm³/mol. The third-order valence-electron chi connectivity index (χ3n) is 3.59. The number of rotatable bonds is 4. The quantitative estimate of drug-likeness (QED) is 0.907. The lowest BCUT2D eigenvalue weighted by molar-refractivity contribution is 0.0702. The van der Waals surface area contributed by atoms with Crippen LogP contribution in [0.15, 0.2) is 12.1 Å². The smallest absolute Gasteiger partial charge is 0.345 e. The Morgan fingerprint density at radius 2 is 2.17 bits per heavy atom. The van der Waals surface area contributed by atoms with Gasteiger partial charge in [-0.3, -0.25) is 4.90 Å². The molecule has 0 saturated carbocycles. The van der Waals surface area contributed by atoms with Gasteiger partial charge in [0.25, 0.3) is 0 Å². The molecule has 0 amide bonds. The average Bonchev–Trinajstić information content (AvgIpc) is 2.78. The average molecular weight is 268 g/mol. The van der Waals surface area contributed by atoms with Crippen LogP contribution < -0.4 is 0 Å². The molecule has 1 aromatic rings. The molecule has 18 heavy (non-hydrogen) atoms. The minimum absolute atomic E-state index is 0.432. The third kappa shape index (κ3) is 3.31. The molecule has 1 N–H and O–H groups in total. The van der Waals surface area contributed by atoms with Gasteiger partial charge in [0, 0.05) is 17.5 Å². The molecule has 1 aliphatic heterocycles. The maximum Gasteiger partial charge on any atom is 0.345 e. The highest BCUT2D eigenvalue weighted by Crippen LogP contribution is 2.21. The molecule has 4 nitrogen and oxygen atoms in total. The molecule has 0 unspecified atom stereocenters. The standard InChI is InChI=1S/C13H20N2O2S/c1-14-7-5-10(6-8-14)15(2)9-11-3-4-12(18-11)13(16)17/h3-4,10H,5-9H2,1-2H3,(H,16,17). The maximum absolute atomic E-state index is 10.8. The summed E-state index contributed by atoms with van der Waals surface area (Å²) in [5.74, 6) is -0.826. The van der Waals surface area contributed by atoms with E-state index < -0.39 is 5.97 Å². The zero-order valence-electron chi connectivity index (χ0n) is 10.9. The van der Waals surface area contributed by atoms with Crippen LogP contribution in [0.3, 0.4) is 0 Å². The van der Waals surface area contributed by atoms with Gasteiger partial charge < -0.3 is 10.0 Å². The summed E-state index contributed by atoms with van der Waals surface area (Å²) in [6, 6.07) is 4.25. The normalized spacial score (nSPS) is 18.4. The van der Waals surface area contributed by atoms with Crippen molar-refractivity contribution in [2.45, 2.75) is 25.4 Å². The molecule has 0 radical (unpaired) electrons. The van der Waals surface area contributed by atoms with Crippen molar-refractivity contribution in [3.63, 3.8) is 0 Å². The number of thiophene rings is 1. The van der Waals surface area contributed by atoms with Crippen LogP contribution in [0.5, 0.6) is 0 Å². The first-order valence-electron chi connectivity index (χ1n) is 6.27. The molecule has 0 aliphatic carbocycles. The number of carboxylic acid groups (broad SMARTS) is 1. The Labute approximate surface area is 112 Å². The molecule has 0 spiro atoms. The van der Waals surface area contributed by atoms with Gasteiger partial charge in [0.1, 0.15) is 4.88 Å². The van der Waals surface area contributed by atoms with Crippen LogP contribution in [0.1, 0.15) is 27.4 Å². The van der Waals surface area contributed by atoms with Crippen molar-refractivity contribution in [1.82, 2.24) is 9.80 Å². The lowest BCUT2D eigenvalue weighted by Crippen LogP contribution is -2.41. The second kappa shape index (κ2) is 5.82. The number of hydrogen-bond donors (Lipinski definition) is 1. The highest BCUT2D eigenvalue weighted by atomic mass is 32.1. The van der Waals surface area contributed by atoms with E-state index in [0.29, 0.717) is 10.9 Å². The molecule has 0 bridgehead atoms. The fraction of sp³-hybridized carbons (Fsp3) is 0.615. The van der Waals surface area contributed by atoms with Crippen molar-refractivity contribution in [2.75, 3.05) is 27.2 Å². The second-order valence-corrected chi connectivity index (χ2v) is 6.19. The Kier molecular flexibility index (Phi) is 4.37. The number of aromatic carboxylic acids is 1. The topological polar surface area (TPSA) is 43.8 Å². The fourth-order valence-corrected chi connectivity index (χ4v) is 3.30. The van der Waals surface area contributed by atoms with E-state index in [1.807, 2.05) is 6.07 Å². The zero-order valence-corrected chi connectivity index (χ0v) is 11.7. The summed E-state index contributed by atoms with van der Waals surface area (Å²) in [6.45, 7) is 3.16. The van der Waals surface area contributed by atoms with E-state index in [1.54, 1.807) is 6.07 Å². The van der Waals surface area contributed by atoms with E-state index >= 15 is 0 Å². The first-order chi connectivity index (χ1) is 8.56. The molecule has 0 aromatic carbocycles. The summed E-state index contributed by atoms with van der Waals surface area (Å²) in [7, 11) is 4.30. The number of carboxylic acids is 1. The third-order valence-corrected chi connectivity index (χ3v) is 4.65. The Hall–Kier alpha value is -0.910. The van der Waals surface area contributed by atoms with Crippen molar-refractivity contribution in [2.24, 2.45) is 0 Å². The molecule has 0 atom stereocenters. The Morgan fingerprint density at radius 1 is 1.50 bits per heavy atom. The van der Waals surface area contributed by atoms with Crippen LogP contribution in [0.4, 0.5) is 0 Å². The molecule has 1 aliphatic rings. The van der Waals surface area contributed by atoms with Crippen molar-refractivity contribution in [3.05, 3.63) is 21.9 Å². The summed E-state index contributed by atoms with van der Waals surface area (Å²) in [5.41, 5.74) is 0. The van der Waals surface area contributed by atoms with Gasteiger partial charge in [-0.25, -0.2) is 4.79 Å². The number of hydrogen-bond acceptors (Lipinski definition) is 4. The number of carbonyl (C=O) groups is 1. The second-order valence-electron chi connectivity index (χ2n) is 5.02. The van der Waals surface area contributed by atoms with E-state index in [-0.39, 0.29) is 0 Å². The van der Waals surface area contributed by atoms with E-state index in [9.17, 15) is 4.79 Å². The highest BCUT2D eigenvalue weighted by molar-refractivity contribution is 7.13. The number of likely N-dealkylation sites (tertiary alicyclic amines) is 1. The first kappa shape index (κ1) is 13.5. The van der Waals surface area contributed by atoms with E-state index in [4.69, 9.17) is 5.11 Å². The molecule has 2 heterocycles. The lowest BCUT2D eigenvalue weighted by atomic mass is 10.0. The SMILES string of the molecule is CN1CCC(N(C)Cc2ccc(C(=O)O)s2)CC1. The number of nitrogens with zero attached hydrogens (tertiary/aromatic N) is 2. The highest BCUT2D eigenvalue weighted by Gasteiger charge is 2.21. The Morgan fingerprint density at radius 3 is 2.72 bits per heavy atom. The largest absolute Gasteiger partial charge is 0.477 e. The van der Waals surface area contributed by atoms with Gasteiger partial charge in [-0.1, -0.05) is 0 Å². The van der Waals surface area contributed by atoms with Crippen LogP contribution in [-0.2, 0) is 6.54 Å². The summed E-state index contributed by atoms with van der Waals surface area (Å²) in [5, 5.41) is 8.90. The summed E-state index contributed by atoms with van der Waals surface area (Å²) < 4.78 is 0. The van der Waals surface area contributed by atoms with Crippen molar-refractivity contribution < 1.29 is 9.90 Å². The van der Waals surface area contributed by atoms with E-state index in [2.05, 4.69) is 23.9 Å². The van der Waals surface area contributed by atoms with Crippen LogP contribution >= 0.6 is 11.3 Å². The molecule has 1 saturated heterocycles. The molecule has 100 valence electrons. The molecule has 2 rings (SSSR count). The van der Waals surface area contributed by atoms with Gasteiger partial charge in [0.05, 0.1) is 0 Å². The van der Waals surface area contributed by atoms with Gasteiger partial charge in [-0.15, -0.1) is 11.3 Å². The number of piperidine rings is 1. The molecule has 1 fully saturated rings. The predicted octanol–water partition coefficient (Wildman–Crippen LogP) is 1.97. The molecule has 1 aromatic heterocycles. The van der Waals surface area contributed by atoms with E-state index in [1.165, 1.54) is 24.2 Å². The molecule has 5 heteroatoms. The van der Waals surface area contributed by atoms with Gasteiger partial charge in [-0.2, -0.15) is 0 Å². The summed E-state index contributed by atoms with van der Waals surface area (Å²) in [6.07, 6.45) is 2.40. The fourth-order valence-electron chi connectivity index (χ4n) is 2.39. The zero-order chi connectivity index (χ0) is 13.1. The minimum Gasteiger partial charge on any atom is -0.477 e. The van der Waals surface area contributed by atoms with Gasteiger partial charge in [-0.05, 0) is 52.2 Å². The maximum atomic E-state index is 10.8. The summed E-state index contributed by atoms with van der Waals surface area (Å²) in [4.78, 5) is 17.1. The van der Waals surface area contributed by atoms with E-state index in [0.717, 1.165) is 24.5 Å². The van der Waals surface area contributed by atoms with Gasteiger partial charge >= 0.3 is 5.97 Å². The van der Waals surface area contributed by atoms with Crippen LogP contribution in [0.2, 0.25) is 0 Å². The summed E-state index contributed by atoms with van der Waals surface area (Å²) >= 11 is 1.38. The molecular weight excluding hydrogens is 248 g/mol. The van der Waals surface area contributed by atoms with Crippen molar-refractivity contribution >= 4 is 17.3 Å². The van der Waals surface area contributed by atoms with Crippen molar-refractivity contribution in [3.8, 4) is 0 Å². The van der Waals surface area contributed by atoms with Crippen LogP contribution in [-0.4, -0.2) is 54.1 Å². The monoisotopic (exact) mass is 268 g/mol. The van der Waals surface area contributed by atoms with Crippen LogP contribution in [0, 0.1) is 0 Å². The molecular formula is C13H20N2O2S.